The van der Waals surface area contributed by atoms with Gasteiger partial charge in [0.25, 0.3) is 0 Å². The van der Waals surface area contributed by atoms with Gasteiger partial charge in [0.05, 0.1) is 6.21 Å². The first-order chi connectivity index (χ1) is 5.43. The summed E-state index contributed by atoms with van der Waals surface area (Å²) in [7, 11) is 0. The lowest BCUT2D eigenvalue weighted by atomic mass is 10.2. The zero-order valence-corrected chi connectivity index (χ0v) is 5.90. The van der Waals surface area contributed by atoms with Crippen molar-refractivity contribution < 1.29 is 4.79 Å². The van der Waals surface area contributed by atoms with Gasteiger partial charge in [-0.2, -0.15) is 5.10 Å². The van der Waals surface area contributed by atoms with Gasteiger partial charge in [-0.05, 0) is 5.56 Å². The Hall–Kier alpha value is -1.64. The van der Waals surface area contributed by atoms with Gasteiger partial charge in [-0.3, -0.25) is 4.79 Å². The Morgan fingerprint density at radius 3 is 2.64 bits per heavy atom. The fourth-order valence-corrected chi connectivity index (χ4v) is 0.681. The molecule has 0 aliphatic rings. The van der Waals surface area contributed by atoms with Crippen LogP contribution in [0, 0.1) is 0 Å². The first-order valence-electron chi connectivity index (χ1n) is 3.21. The molecule has 1 amide bonds. The minimum Gasteiger partial charge on any atom is -0.277 e. The molecule has 0 atom stereocenters. The molecule has 3 nitrogen and oxygen atoms in total. The molecule has 3 heteroatoms. The van der Waals surface area contributed by atoms with Crippen molar-refractivity contribution in [2.45, 2.75) is 0 Å². The van der Waals surface area contributed by atoms with E-state index in [1.807, 2.05) is 30.3 Å². The number of hydrazone groups is 1. The van der Waals surface area contributed by atoms with Crippen LogP contribution < -0.4 is 5.43 Å². The molecule has 1 rings (SSSR count). The van der Waals surface area contributed by atoms with Gasteiger partial charge in [-0.25, -0.2) is 5.43 Å². The number of carbonyl (C=O) groups is 1. The van der Waals surface area contributed by atoms with Crippen LogP contribution in [0.15, 0.2) is 35.4 Å². The van der Waals surface area contributed by atoms with E-state index in [2.05, 4.69) is 10.5 Å². The van der Waals surface area contributed by atoms with Crippen molar-refractivity contribution in [2.24, 2.45) is 5.10 Å². The van der Waals surface area contributed by atoms with Crippen molar-refractivity contribution in [2.75, 3.05) is 0 Å². The molecule has 0 fully saturated rings. The maximum atomic E-state index is 9.77. The van der Waals surface area contributed by atoms with Crippen LogP contribution in [0.25, 0.3) is 0 Å². The SMILES string of the molecule is O=CNN=Cc1ccccc1. The zero-order valence-electron chi connectivity index (χ0n) is 5.90. The summed E-state index contributed by atoms with van der Waals surface area (Å²) in [6.07, 6.45) is 2.10. The molecule has 0 aliphatic heterocycles. The van der Waals surface area contributed by atoms with Crippen molar-refractivity contribution in [3.63, 3.8) is 0 Å². The third-order valence-corrected chi connectivity index (χ3v) is 1.14. The van der Waals surface area contributed by atoms with Crippen molar-refractivity contribution in [3.05, 3.63) is 35.9 Å². The van der Waals surface area contributed by atoms with E-state index in [-0.39, 0.29) is 0 Å². The summed E-state index contributed by atoms with van der Waals surface area (Å²) in [5.41, 5.74) is 3.15. The highest BCUT2D eigenvalue weighted by molar-refractivity contribution is 5.79. The number of nitrogens with zero attached hydrogens (tertiary/aromatic N) is 1. The molecule has 0 heterocycles. The van der Waals surface area contributed by atoms with E-state index in [9.17, 15) is 4.79 Å². The van der Waals surface area contributed by atoms with Gasteiger partial charge < -0.3 is 0 Å². The number of hydrogen-bond acceptors (Lipinski definition) is 2. The topological polar surface area (TPSA) is 41.5 Å². The summed E-state index contributed by atoms with van der Waals surface area (Å²) in [5, 5.41) is 3.62. The number of carbonyl (C=O) groups excluding carboxylic acids is 1. The molecular formula is C8H8N2O. The predicted molar refractivity (Wildman–Crippen MR) is 43.2 cm³/mol. The van der Waals surface area contributed by atoms with E-state index < -0.39 is 0 Å². The van der Waals surface area contributed by atoms with Crippen molar-refractivity contribution in [1.82, 2.24) is 5.43 Å². The molecule has 0 saturated heterocycles. The van der Waals surface area contributed by atoms with Gasteiger partial charge in [0.1, 0.15) is 0 Å². The van der Waals surface area contributed by atoms with Gasteiger partial charge in [-0.1, -0.05) is 30.3 Å². The van der Waals surface area contributed by atoms with Crippen LogP contribution in [0.4, 0.5) is 0 Å². The van der Waals surface area contributed by atoms with E-state index in [1.54, 1.807) is 6.21 Å². The molecule has 56 valence electrons. The van der Waals surface area contributed by atoms with Crippen LogP contribution in [-0.2, 0) is 4.79 Å². The molecule has 1 aromatic carbocycles. The van der Waals surface area contributed by atoms with Crippen molar-refractivity contribution >= 4 is 12.6 Å². The molecule has 0 radical (unpaired) electrons. The summed E-state index contributed by atoms with van der Waals surface area (Å²) in [4.78, 5) is 9.77. The molecule has 0 aromatic heterocycles. The third-order valence-electron chi connectivity index (χ3n) is 1.14. The molecule has 0 bridgehead atoms. The van der Waals surface area contributed by atoms with Gasteiger partial charge >= 0.3 is 0 Å². The minimum atomic E-state index is 0.527. The number of nitrogens with one attached hydrogen (secondary N) is 1. The molecule has 11 heavy (non-hydrogen) atoms. The fraction of sp³-hybridized carbons (Fsp3) is 0. The third kappa shape index (κ3) is 2.62. The summed E-state index contributed by atoms with van der Waals surface area (Å²) in [6.45, 7) is 0. The lowest BCUT2D eigenvalue weighted by molar-refractivity contribution is -0.109. The predicted octanol–water partition coefficient (Wildman–Crippen LogP) is 0.766. The number of hydrogen-bond donors (Lipinski definition) is 1. The van der Waals surface area contributed by atoms with Gasteiger partial charge in [0.15, 0.2) is 0 Å². The standard InChI is InChI=1S/C8H8N2O/c11-7-10-9-6-8-4-2-1-3-5-8/h1-7H,(H,10,11). The Morgan fingerprint density at radius 2 is 2.00 bits per heavy atom. The maximum absolute atomic E-state index is 9.77. The average Bonchev–Trinajstić information content (AvgIpc) is 2.07. The van der Waals surface area contributed by atoms with Crippen LogP contribution in [0.3, 0.4) is 0 Å². The van der Waals surface area contributed by atoms with Gasteiger partial charge in [0, 0.05) is 0 Å². The Labute approximate surface area is 64.7 Å². The summed E-state index contributed by atoms with van der Waals surface area (Å²) >= 11 is 0. The van der Waals surface area contributed by atoms with E-state index in [0.717, 1.165) is 5.56 Å². The van der Waals surface area contributed by atoms with Crippen molar-refractivity contribution in [1.29, 1.82) is 0 Å². The van der Waals surface area contributed by atoms with E-state index in [1.165, 1.54) is 0 Å². The van der Waals surface area contributed by atoms with Gasteiger partial charge in [0.2, 0.25) is 6.41 Å². The van der Waals surface area contributed by atoms with Crippen LogP contribution in [0.2, 0.25) is 0 Å². The fourth-order valence-electron chi connectivity index (χ4n) is 0.681. The lowest BCUT2D eigenvalue weighted by Crippen LogP contribution is -2.00. The molecule has 0 aliphatic carbocycles. The molecule has 0 saturated carbocycles. The highest BCUT2D eigenvalue weighted by Crippen LogP contribution is 1.92. The molecular weight excluding hydrogens is 140 g/mol. The van der Waals surface area contributed by atoms with E-state index in [0.29, 0.717) is 6.41 Å². The molecule has 0 spiro atoms. The van der Waals surface area contributed by atoms with Gasteiger partial charge in [-0.15, -0.1) is 0 Å². The summed E-state index contributed by atoms with van der Waals surface area (Å²) in [6, 6.07) is 9.53. The Balaban J connectivity index is 2.57. The minimum absolute atomic E-state index is 0.527. The quantitative estimate of drug-likeness (QED) is 0.384. The number of benzene rings is 1. The largest absolute Gasteiger partial charge is 0.277 e. The van der Waals surface area contributed by atoms with Crippen LogP contribution >= 0.6 is 0 Å². The second-order valence-corrected chi connectivity index (χ2v) is 1.92. The van der Waals surface area contributed by atoms with Crippen LogP contribution in [0.5, 0.6) is 0 Å². The zero-order chi connectivity index (χ0) is 7.94. The highest BCUT2D eigenvalue weighted by Gasteiger charge is 1.80. The average molecular weight is 148 g/mol. The first kappa shape index (κ1) is 7.47. The van der Waals surface area contributed by atoms with Crippen LogP contribution in [0.1, 0.15) is 5.56 Å². The van der Waals surface area contributed by atoms with E-state index >= 15 is 0 Å². The highest BCUT2D eigenvalue weighted by atomic mass is 16.1. The number of rotatable bonds is 3. The summed E-state index contributed by atoms with van der Waals surface area (Å²) < 4.78 is 0. The maximum Gasteiger partial charge on any atom is 0.227 e. The molecule has 1 N–H and O–H groups in total. The first-order valence-corrected chi connectivity index (χ1v) is 3.21. The van der Waals surface area contributed by atoms with Crippen molar-refractivity contribution in [3.8, 4) is 0 Å². The van der Waals surface area contributed by atoms with E-state index in [4.69, 9.17) is 0 Å². The monoisotopic (exact) mass is 148 g/mol. The molecule has 0 unspecified atom stereocenters. The van der Waals surface area contributed by atoms with Crippen LogP contribution in [-0.4, -0.2) is 12.6 Å². The summed E-state index contributed by atoms with van der Waals surface area (Å²) in [5.74, 6) is 0. The Morgan fingerprint density at radius 1 is 1.27 bits per heavy atom. The second-order valence-electron chi connectivity index (χ2n) is 1.92. The lowest BCUT2D eigenvalue weighted by Gasteiger charge is -1.88. The Kier molecular flexibility index (Phi) is 2.86. The Bertz CT molecular complexity index is 244. The second kappa shape index (κ2) is 4.22. The normalized spacial score (nSPS) is 9.82. The number of amides is 1. The smallest absolute Gasteiger partial charge is 0.227 e. The molecule has 1 aromatic rings.